The Morgan fingerprint density at radius 3 is 2.05 bits per heavy atom. The molecule has 21 heavy (non-hydrogen) atoms. The zero-order valence-corrected chi connectivity index (χ0v) is 11.6. The normalized spacial score (nSPS) is 11.1. The number of allylic oxidation sites excluding steroid dienone is 1. The Labute approximate surface area is 121 Å². The van der Waals surface area contributed by atoms with E-state index in [0.717, 1.165) is 17.8 Å². The molecule has 0 unspecified atom stereocenters. The van der Waals surface area contributed by atoms with Crippen molar-refractivity contribution in [2.75, 3.05) is 5.75 Å². The quantitative estimate of drug-likeness (QED) is 0.511. The van der Waals surface area contributed by atoms with E-state index in [9.17, 15) is 27.2 Å². The maximum absolute atomic E-state index is 13.5. The van der Waals surface area contributed by atoms with Crippen molar-refractivity contribution in [1.82, 2.24) is 0 Å². The Balaban J connectivity index is 3.07. The molecular weight excluding hydrogens is 312 g/mol. The number of thioether (sulfide) groups is 1. The van der Waals surface area contributed by atoms with Crippen LogP contribution in [0.2, 0.25) is 0 Å². The molecule has 0 aliphatic heterocycles. The number of carbonyl (C=O) groups excluding carboxylic acids is 1. The van der Waals surface area contributed by atoms with Crippen molar-refractivity contribution in [3.05, 3.63) is 40.5 Å². The molecule has 0 aliphatic carbocycles. The van der Waals surface area contributed by atoms with Gasteiger partial charge in [-0.05, 0) is 6.42 Å². The predicted molar refractivity (Wildman–Crippen MR) is 70.0 cm³/mol. The first-order valence-electron chi connectivity index (χ1n) is 5.66. The summed E-state index contributed by atoms with van der Waals surface area (Å²) in [7, 11) is 0. The maximum Gasteiger partial charge on any atom is 0.341 e. The summed E-state index contributed by atoms with van der Waals surface area (Å²) in [4.78, 5) is 21.2. The van der Waals surface area contributed by atoms with Gasteiger partial charge in [0.2, 0.25) is 0 Å². The average molecular weight is 322 g/mol. The van der Waals surface area contributed by atoms with Crippen molar-refractivity contribution >= 4 is 28.9 Å². The van der Waals surface area contributed by atoms with Gasteiger partial charge in [0.15, 0.2) is 28.4 Å². The van der Waals surface area contributed by atoms with Crippen LogP contribution in [0.3, 0.4) is 0 Å². The lowest BCUT2D eigenvalue weighted by Crippen LogP contribution is -2.11. The number of benzene rings is 1. The molecule has 0 spiro atoms. The van der Waals surface area contributed by atoms with Gasteiger partial charge in [-0.1, -0.05) is 23.9 Å². The third kappa shape index (κ3) is 4.07. The third-order valence-corrected chi connectivity index (χ3v) is 3.23. The summed E-state index contributed by atoms with van der Waals surface area (Å²) in [6, 6.07) is 0. The van der Waals surface area contributed by atoms with Crippen molar-refractivity contribution in [2.45, 2.75) is 13.3 Å². The molecule has 0 bridgehead atoms. The number of hydrogen-bond acceptors (Lipinski definition) is 3. The average Bonchev–Trinajstić information content (AvgIpc) is 2.39. The Hall–Kier alpha value is -1.83. The number of carboxylic acids is 1. The second-order valence-corrected chi connectivity index (χ2v) is 5.15. The van der Waals surface area contributed by atoms with Crippen LogP contribution in [0.1, 0.15) is 29.3 Å². The first-order valence-corrected chi connectivity index (χ1v) is 6.65. The molecular formula is C13H10F4O3S. The SMILES string of the molecule is CC(=O)SCCC=Cc1c(F)c(F)c(C(=O)O)c(F)c1F. The van der Waals surface area contributed by atoms with Gasteiger partial charge in [0.05, 0.1) is 5.56 Å². The highest BCUT2D eigenvalue weighted by Crippen LogP contribution is 2.25. The van der Waals surface area contributed by atoms with Crippen LogP contribution in [-0.4, -0.2) is 21.9 Å². The summed E-state index contributed by atoms with van der Waals surface area (Å²) in [6.07, 6.45) is 2.28. The topological polar surface area (TPSA) is 54.4 Å². The van der Waals surface area contributed by atoms with E-state index < -0.39 is 40.4 Å². The molecule has 0 fully saturated rings. The maximum atomic E-state index is 13.5. The van der Waals surface area contributed by atoms with Crippen LogP contribution < -0.4 is 0 Å². The number of halogens is 4. The molecule has 0 heterocycles. The van der Waals surface area contributed by atoms with E-state index in [1.54, 1.807) is 0 Å². The Morgan fingerprint density at radius 1 is 1.10 bits per heavy atom. The fraction of sp³-hybridized carbons (Fsp3) is 0.231. The smallest absolute Gasteiger partial charge is 0.341 e. The molecule has 1 N–H and O–H groups in total. The molecule has 1 rings (SSSR count). The number of rotatable bonds is 5. The van der Waals surface area contributed by atoms with E-state index in [2.05, 4.69) is 0 Å². The van der Waals surface area contributed by atoms with Crippen molar-refractivity contribution in [3.63, 3.8) is 0 Å². The van der Waals surface area contributed by atoms with Gasteiger partial charge >= 0.3 is 5.97 Å². The number of hydrogen-bond donors (Lipinski definition) is 1. The van der Waals surface area contributed by atoms with Crippen LogP contribution in [-0.2, 0) is 4.79 Å². The minimum Gasteiger partial charge on any atom is -0.477 e. The zero-order chi connectivity index (χ0) is 16.2. The molecule has 0 radical (unpaired) electrons. The van der Waals surface area contributed by atoms with E-state index in [4.69, 9.17) is 5.11 Å². The molecule has 1 aromatic carbocycles. The minimum absolute atomic E-state index is 0.135. The summed E-state index contributed by atoms with van der Waals surface area (Å²) in [5.74, 6) is -9.23. The first-order chi connectivity index (χ1) is 9.77. The van der Waals surface area contributed by atoms with Crippen LogP contribution in [0.25, 0.3) is 6.08 Å². The Bertz CT molecular complexity index is 585. The standard InChI is InChI=1S/C13H10F4O3S/c1-6(18)21-5-3-2-4-7-9(14)11(16)8(13(19)20)12(17)10(7)15/h2,4H,3,5H2,1H3,(H,19,20). The highest BCUT2D eigenvalue weighted by molar-refractivity contribution is 8.13. The molecule has 8 heteroatoms. The molecule has 0 atom stereocenters. The number of carbonyl (C=O) groups is 2. The van der Waals surface area contributed by atoms with Gasteiger partial charge in [-0.25, -0.2) is 22.4 Å². The van der Waals surface area contributed by atoms with E-state index in [1.165, 1.54) is 13.0 Å². The van der Waals surface area contributed by atoms with Crippen LogP contribution in [0, 0.1) is 23.3 Å². The molecule has 0 saturated carbocycles. The molecule has 0 saturated heterocycles. The van der Waals surface area contributed by atoms with Gasteiger partial charge < -0.3 is 5.11 Å². The Morgan fingerprint density at radius 2 is 1.62 bits per heavy atom. The summed E-state index contributed by atoms with van der Waals surface area (Å²) in [6.45, 7) is 1.35. The minimum atomic E-state index is -2.10. The van der Waals surface area contributed by atoms with Gasteiger partial charge in [0, 0.05) is 12.7 Å². The van der Waals surface area contributed by atoms with E-state index in [-0.39, 0.29) is 11.5 Å². The van der Waals surface area contributed by atoms with E-state index in [1.807, 2.05) is 0 Å². The summed E-state index contributed by atoms with van der Waals surface area (Å²) in [5, 5.41) is 8.38. The highest BCUT2D eigenvalue weighted by atomic mass is 32.2. The van der Waals surface area contributed by atoms with Crippen LogP contribution in [0.15, 0.2) is 6.08 Å². The summed E-state index contributed by atoms with van der Waals surface area (Å²) < 4.78 is 53.9. The fourth-order valence-corrected chi connectivity index (χ4v) is 2.00. The molecule has 3 nitrogen and oxygen atoms in total. The molecule has 1 aromatic rings. The molecule has 114 valence electrons. The molecule has 0 aliphatic rings. The largest absolute Gasteiger partial charge is 0.477 e. The second-order valence-electron chi connectivity index (χ2n) is 3.88. The van der Waals surface area contributed by atoms with Crippen molar-refractivity contribution in [3.8, 4) is 0 Å². The highest BCUT2D eigenvalue weighted by Gasteiger charge is 2.27. The first kappa shape index (κ1) is 17.2. The van der Waals surface area contributed by atoms with Crippen molar-refractivity contribution < 1.29 is 32.3 Å². The fourth-order valence-electron chi connectivity index (χ4n) is 1.45. The predicted octanol–water partition coefficient (Wildman–Crippen LogP) is 3.62. The van der Waals surface area contributed by atoms with E-state index >= 15 is 0 Å². The molecule has 0 aromatic heterocycles. The summed E-state index contributed by atoms with van der Waals surface area (Å²) >= 11 is 0.984. The van der Waals surface area contributed by atoms with Gasteiger partial charge in [-0.15, -0.1) is 0 Å². The Kier molecular flexibility index (Phi) is 5.95. The van der Waals surface area contributed by atoms with Gasteiger partial charge in [0.25, 0.3) is 0 Å². The van der Waals surface area contributed by atoms with Crippen molar-refractivity contribution in [2.24, 2.45) is 0 Å². The van der Waals surface area contributed by atoms with Crippen molar-refractivity contribution in [1.29, 1.82) is 0 Å². The van der Waals surface area contributed by atoms with Crippen LogP contribution in [0.4, 0.5) is 17.6 Å². The number of carboxylic acid groups (broad SMARTS) is 1. The summed E-state index contributed by atoms with van der Waals surface area (Å²) in [5.41, 5.74) is -2.67. The monoisotopic (exact) mass is 322 g/mol. The second kappa shape index (κ2) is 7.26. The lowest BCUT2D eigenvalue weighted by atomic mass is 10.1. The van der Waals surface area contributed by atoms with E-state index in [0.29, 0.717) is 5.75 Å². The van der Waals surface area contributed by atoms with Gasteiger partial charge in [-0.3, -0.25) is 4.79 Å². The lowest BCUT2D eigenvalue weighted by Gasteiger charge is -2.06. The molecule has 0 amide bonds. The van der Waals surface area contributed by atoms with Gasteiger partial charge in [0.1, 0.15) is 5.56 Å². The zero-order valence-electron chi connectivity index (χ0n) is 10.8. The lowest BCUT2D eigenvalue weighted by molar-refractivity contribution is -0.109. The van der Waals surface area contributed by atoms with Crippen LogP contribution in [0.5, 0.6) is 0 Å². The third-order valence-electron chi connectivity index (χ3n) is 2.39. The van der Waals surface area contributed by atoms with Gasteiger partial charge in [-0.2, -0.15) is 0 Å². The van der Waals surface area contributed by atoms with Crippen LogP contribution >= 0.6 is 11.8 Å². The number of aromatic carboxylic acids is 1.